The standard InChI is InChI=1S/C29H20Cl2N2O/c30-21-15-16-23(25(31)17-21)27-18-24(22-13-7-8-14-26(22)32-27)29(34)33-28(19-9-3-1-4-10-19)20-11-5-2-6-12-20/h1-18,28H,(H,33,34). The molecule has 0 bridgehead atoms. The summed E-state index contributed by atoms with van der Waals surface area (Å²) in [4.78, 5) is 18.5. The lowest BCUT2D eigenvalue weighted by molar-refractivity contribution is 0.0944. The maximum atomic E-state index is 13.7. The Bertz CT molecular complexity index is 1430. The molecule has 1 amide bonds. The van der Waals surface area contributed by atoms with Crippen LogP contribution in [0.15, 0.2) is 109 Å². The minimum atomic E-state index is -0.301. The molecule has 0 aliphatic rings. The number of nitrogens with one attached hydrogen (secondary N) is 1. The highest BCUT2D eigenvalue weighted by atomic mass is 35.5. The Hall–Kier alpha value is -3.66. The normalized spacial score (nSPS) is 11.0. The topological polar surface area (TPSA) is 42.0 Å². The van der Waals surface area contributed by atoms with Gasteiger partial charge in [0.15, 0.2) is 0 Å². The number of fused-ring (bicyclic) bond motifs is 1. The fourth-order valence-corrected chi connectivity index (χ4v) is 4.56. The van der Waals surface area contributed by atoms with Crippen molar-refractivity contribution in [3.63, 3.8) is 0 Å². The number of halogens is 2. The van der Waals surface area contributed by atoms with Crippen molar-refractivity contribution < 1.29 is 4.79 Å². The third kappa shape index (κ3) is 4.54. The molecule has 0 atom stereocenters. The molecule has 4 aromatic carbocycles. The second-order valence-electron chi connectivity index (χ2n) is 7.92. The number of amides is 1. The Morgan fingerprint density at radius 3 is 2.00 bits per heavy atom. The van der Waals surface area contributed by atoms with Crippen LogP contribution < -0.4 is 5.32 Å². The summed E-state index contributed by atoms with van der Waals surface area (Å²) >= 11 is 12.6. The predicted molar refractivity (Wildman–Crippen MR) is 139 cm³/mol. The van der Waals surface area contributed by atoms with Gasteiger partial charge in [-0.3, -0.25) is 4.79 Å². The third-order valence-electron chi connectivity index (χ3n) is 5.71. The Morgan fingerprint density at radius 2 is 1.35 bits per heavy atom. The number of benzene rings is 4. The van der Waals surface area contributed by atoms with Crippen LogP contribution in [0.2, 0.25) is 10.0 Å². The molecule has 0 aliphatic carbocycles. The van der Waals surface area contributed by atoms with E-state index in [1.165, 1.54) is 0 Å². The Labute approximate surface area is 208 Å². The van der Waals surface area contributed by atoms with Crippen molar-refractivity contribution in [3.05, 3.63) is 136 Å². The summed E-state index contributed by atoms with van der Waals surface area (Å²) in [6.07, 6.45) is 0. The molecule has 1 aromatic heterocycles. The van der Waals surface area contributed by atoms with E-state index in [9.17, 15) is 4.79 Å². The summed E-state index contributed by atoms with van der Waals surface area (Å²) in [6.45, 7) is 0. The van der Waals surface area contributed by atoms with Crippen LogP contribution in [-0.4, -0.2) is 10.9 Å². The van der Waals surface area contributed by atoms with Gasteiger partial charge in [-0.05, 0) is 41.5 Å². The maximum absolute atomic E-state index is 13.7. The van der Waals surface area contributed by atoms with Crippen molar-refractivity contribution >= 4 is 40.0 Å². The van der Waals surface area contributed by atoms with E-state index in [2.05, 4.69) is 5.32 Å². The lowest BCUT2D eigenvalue weighted by Gasteiger charge is -2.21. The van der Waals surface area contributed by atoms with E-state index in [0.717, 1.165) is 16.5 Å². The average molecular weight is 483 g/mol. The molecule has 1 heterocycles. The van der Waals surface area contributed by atoms with Gasteiger partial charge in [-0.25, -0.2) is 4.98 Å². The smallest absolute Gasteiger partial charge is 0.252 e. The minimum Gasteiger partial charge on any atom is -0.341 e. The van der Waals surface area contributed by atoms with E-state index in [4.69, 9.17) is 28.2 Å². The number of hydrogen-bond acceptors (Lipinski definition) is 2. The number of nitrogens with zero attached hydrogens (tertiary/aromatic N) is 1. The van der Waals surface area contributed by atoms with Gasteiger partial charge in [-0.15, -0.1) is 0 Å². The third-order valence-corrected chi connectivity index (χ3v) is 6.26. The predicted octanol–water partition coefficient (Wildman–Crippen LogP) is 7.73. The highest BCUT2D eigenvalue weighted by Gasteiger charge is 2.21. The molecule has 5 aromatic rings. The first-order valence-electron chi connectivity index (χ1n) is 10.9. The van der Waals surface area contributed by atoms with Crippen molar-refractivity contribution in [1.82, 2.24) is 10.3 Å². The van der Waals surface area contributed by atoms with E-state index in [-0.39, 0.29) is 11.9 Å². The van der Waals surface area contributed by atoms with Crippen LogP contribution in [0.25, 0.3) is 22.2 Å². The van der Waals surface area contributed by atoms with Crippen LogP contribution in [0.4, 0.5) is 0 Å². The van der Waals surface area contributed by atoms with E-state index >= 15 is 0 Å². The van der Waals surface area contributed by atoms with Gasteiger partial charge in [-0.2, -0.15) is 0 Å². The summed E-state index contributed by atoms with van der Waals surface area (Å²) in [6, 6.07) is 34.2. The number of aromatic nitrogens is 1. The van der Waals surface area contributed by atoms with Gasteiger partial charge in [0.25, 0.3) is 5.91 Å². The molecule has 34 heavy (non-hydrogen) atoms. The van der Waals surface area contributed by atoms with Crippen LogP contribution in [0, 0.1) is 0 Å². The molecule has 0 spiro atoms. The van der Waals surface area contributed by atoms with Gasteiger partial charge < -0.3 is 5.32 Å². The second-order valence-corrected chi connectivity index (χ2v) is 8.77. The molecular weight excluding hydrogens is 463 g/mol. The van der Waals surface area contributed by atoms with Gasteiger partial charge in [0.1, 0.15) is 0 Å². The Kier molecular flexibility index (Phi) is 6.31. The summed E-state index contributed by atoms with van der Waals surface area (Å²) in [7, 11) is 0. The number of rotatable bonds is 5. The first kappa shape index (κ1) is 22.1. The fourth-order valence-electron chi connectivity index (χ4n) is 4.06. The van der Waals surface area contributed by atoms with Crippen molar-refractivity contribution in [2.75, 3.05) is 0 Å². The molecule has 0 fully saturated rings. The number of carbonyl (C=O) groups excluding carboxylic acids is 1. The molecule has 0 saturated carbocycles. The van der Waals surface area contributed by atoms with Gasteiger partial charge in [-0.1, -0.05) is 102 Å². The zero-order valence-corrected chi connectivity index (χ0v) is 19.6. The molecule has 0 unspecified atom stereocenters. The minimum absolute atomic E-state index is 0.192. The van der Waals surface area contributed by atoms with Crippen LogP contribution in [0.5, 0.6) is 0 Å². The second kappa shape index (κ2) is 9.68. The monoisotopic (exact) mass is 482 g/mol. The average Bonchev–Trinajstić information content (AvgIpc) is 2.87. The quantitative estimate of drug-likeness (QED) is 0.278. The number of pyridine rings is 1. The molecule has 0 radical (unpaired) electrons. The van der Waals surface area contributed by atoms with E-state index < -0.39 is 0 Å². The van der Waals surface area contributed by atoms with Crippen molar-refractivity contribution in [2.45, 2.75) is 6.04 Å². The molecule has 166 valence electrons. The highest BCUT2D eigenvalue weighted by molar-refractivity contribution is 6.36. The van der Waals surface area contributed by atoms with Gasteiger partial charge in [0.2, 0.25) is 0 Å². The summed E-state index contributed by atoms with van der Waals surface area (Å²) in [5, 5.41) is 5.03. The fraction of sp³-hybridized carbons (Fsp3) is 0.0345. The van der Waals surface area contributed by atoms with Crippen molar-refractivity contribution in [3.8, 4) is 11.3 Å². The van der Waals surface area contributed by atoms with E-state index in [1.807, 2.05) is 91.0 Å². The first-order valence-corrected chi connectivity index (χ1v) is 11.6. The van der Waals surface area contributed by atoms with Crippen molar-refractivity contribution in [1.29, 1.82) is 0 Å². The van der Waals surface area contributed by atoms with Gasteiger partial charge in [0, 0.05) is 16.0 Å². The molecule has 5 rings (SSSR count). The van der Waals surface area contributed by atoms with E-state index in [1.54, 1.807) is 18.2 Å². The largest absolute Gasteiger partial charge is 0.341 e. The lowest BCUT2D eigenvalue weighted by Crippen LogP contribution is -2.29. The van der Waals surface area contributed by atoms with Crippen molar-refractivity contribution in [2.24, 2.45) is 0 Å². The molecular formula is C29H20Cl2N2O. The first-order chi connectivity index (χ1) is 16.6. The van der Waals surface area contributed by atoms with E-state index in [0.29, 0.717) is 32.4 Å². The van der Waals surface area contributed by atoms with Crippen LogP contribution in [0.1, 0.15) is 27.5 Å². The summed E-state index contributed by atoms with van der Waals surface area (Å²) in [5.41, 5.74) is 4.58. The van der Waals surface area contributed by atoms with Crippen LogP contribution in [0.3, 0.4) is 0 Å². The molecule has 0 aliphatic heterocycles. The molecule has 3 nitrogen and oxygen atoms in total. The van der Waals surface area contributed by atoms with Gasteiger partial charge >= 0.3 is 0 Å². The number of para-hydroxylation sites is 1. The number of hydrogen-bond donors (Lipinski definition) is 1. The maximum Gasteiger partial charge on any atom is 0.252 e. The Balaban J connectivity index is 1.61. The number of carbonyl (C=O) groups is 1. The lowest BCUT2D eigenvalue weighted by atomic mass is 9.97. The Morgan fingerprint density at radius 1 is 0.735 bits per heavy atom. The highest BCUT2D eigenvalue weighted by Crippen LogP contribution is 2.32. The zero-order valence-electron chi connectivity index (χ0n) is 18.1. The van der Waals surface area contributed by atoms with Crippen LogP contribution in [-0.2, 0) is 0 Å². The molecule has 0 saturated heterocycles. The van der Waals surface area contributed by atoms with Gasteiger partial charge in [0.05, 0.1) is 27.8 Å². The zero-order chi connectivity index (χ0) is 23.5. The molecule has 1 N–H and O–H groups in total. The summed E-state index contributed by atoms with van der Waals surface area (Å²) < 4.78 is 0. The van der Waals surface area contributed by atoms with Crippen LogP contribution >= 0.6 is 23.2 Å². The summed E-state index contributed by atoms with van der Waals surface area (Å²) in [5.74, 6) is -0.192. The molecule has 5 heteroatoms. The SMILES string of the molecule is O=C(NC(c1ccccc1)c1ccccc1)c1cc(-c2ccc(Cl)cc2Cl)nc2ccccc12.